The molecule has 5 nitrogen and oxygen atoms in total. The Morgan fingerprint density at radius 1 is 1.11 bits per heavy atom. The molecule has 0 saturated carbocycles. The summed E-state index contributed by atoms with van der Waals surface area (Å²) in [5.41, 5.74) is 1.68. The molecule has 142 valence electrons. The molecular weight excluding hydrogens is 440 g/mol. The van der Waals surface area contributed by atoms with Crippen molar-refractivity contribution >= 4 is 59.3 Å². The van der Waals surface area contributed by atoms with Gasteiger partial charge in [-0.25, -0.2) is 4.98 Å². The number of carbonyl (C=O) groups is 1. The van der Waals surface area contributed by atoms with Crippen molar-refractivity contribution in [2.45, 2.75) is 6.42 Å². The van der Waals surface area contributed by atoms with Gasteiger partial charge in [0.25, 0.3) is 0 Å². The lowest BCUT2D eigenvalue weighted by Gasteiger charge is -2.12. The molecule has 1 N–H and O–H groups in total. The van der Waals surface area contributed by atoms with Gasteiger partial charge < -0.3 is 14.8 Å². The van der Waals surface area contributed by atoms with E-state index in [4.69, 9.17) is 9.47 Å². The number of nitrogens with one attached hydrogen (secondary N) is 1. The van der Waals surface area contributed by atoms with E-state index >= 15 is 0 Å². The van der Waals surface area contributed by atoms with Gasteiger partial charge >= 0.3 is 0 Å². The van der Waals surface area contributed by atoms with Crippen LogP contribution in [0.4, 0.5) is 5.13 Å². The van der Waals surface area contributed by atoms with Crippen LogP contribution in [0.1, 0.15) is 5.56 Å². The second-order valence-corrected chi connectivity index (χ2v) is 8.14. The smallest absolute Gasteiger partial charge is 0.230 e. The average Bonchev–Trinajstić information content (AvgIpc) is 3.08. The standard InChI is InChI=1S/C21H17BrN2O3S/c1-26-14-5-7-17-19(10-14)28-21(23-17)24-20(25)11-16-15-6-4-13(22)9-12(15)3-8-18(16)27-2/h3-10H,11H2,1-2H3,(H,23,24,25). The van der Waals surface area contributed by atoms with Crippen LogP contribution in [0.25, 0.3) is 21.0 Å². The zero-order chi connectivity index (χ0) is 19.7. The highest BCUT2D eigenvalue weighted by Crippen LogP contribution is 2.32. The number of hydrogen-bond acceptors (Lipinski definition) is 5. The Balaban J connectivity index is 1.61. The van der Waals surface area contributed by atoms with Crippen molar-refractivity contribution in [3.05, 3.63) is 58.6 Å². The van der Waals surface area contributed by atoms with Gasteiger partial charge in [0.05, 0.1) is 30.9 Å². The molecule has 28 heavy (non-hydrogen) atoms. The van der Waals surface area contributed by atoms with E-state index in [2.05, 4.69) is 26.2 Å². The van der Waals surface area contributed by atoms with Crippen molar-refractivity contribution < 1.29 is 14.3 Å². The van der Waals surface area contributed by atoms with Crippen LogP contribution in [-0.4, -0.2) is 25.1 Å². The number of anilines is 1. The predicted molar refractivity (Wildman–Crippen MR) is 117 cm³/mol. The molecule has 0 bridgehead atoms. The molecule has 0 atom stereocenters. The van der Waals surface area contributed by atoms with Crippen molar-refractivity contribution in [1.29, 1.82) is 0 Å². The Hall–Kier alpha value is -2.64. The first-order valence-electron chi connectivity index (χ1n) is 8.57. The summed E-state index contributed by atoms with van der Waals surface area (Å²) < 4.78 is 12.7. The molecule has 0 aliphatic heterocycles. The highest BCUT2D eigenvalue weighted by molar-refractivity contribution is 9.10. The molecule has 7 heteroatoms. The number of hydrogen-bond donors (Lipinski definition) is 1. The van der Waals surface area contributed by atoms with Crippen LogP contribution in [0, 0.1) is 0 Å². The molecule has 1 aromatic heterocycles. The molecular formula is C21H17BrN2O3S. The van der Waals surface area contributed by atoms with Crippen LogP contribution < -0.4 is 14.8 Å². The summed E-state index contributed by atoms with van der Waals surface area (Å²) >= 11 is 4.91. The van der Waals surface area contributed by atoms with E-state index in [-0.39, 0.29) is 12.3 Å². The van der Waals surface area contributed by atoms with Gasteiger partial charge in [-0.2, -0.15) is 0 Å². The first kappa shape index (κ1) is 18.7. The first-order valence-corrected chi connectivity index (χ1v) is 10.2. The quantitative estimate of drug-likeness (QED) is 0.436. The number of thiazole rings is 1. The van der Waals surface area contributed by atoms with Gasteiger partial charge in [-0.05, 0) is 47.2 Å². The van der Waals surface area contributed by atoms with Gasteiger partial charge in [-0.15, -0.1) is 0 Å². The minimum absolute atomic E-state index is 0.139. The third-order valence-corrected chi connectivity index (χ3v) is 5.88. The summed E-state index contributed by atoms with van der Waals surface area (Å²) in [6.07, 6.45) is 0.196. The van der Waals surface area contributed by atoms with Crippen molar-refractivity contribution in [3.63, 3.8) is 0 Å². The van der Waals surface area contributed by atoms with E-state index in [1.807, 2.05) is 48.5 Å². The number of amides is 1. The van der Waals surface area contributed by atoms with Crippen LogP contribution in [0.5, 0.6) is 11.5 Å². The van der Waals surface area contributed by atoms with E-state index < -0.39 is 0 Å². The Morgan fingerprint density at radius 3 is 2.75 bits per heavy atom. The molecule has 0 fully saturated rings. The summed E-state index contributed by atoms with van der Waals surface area (Å²) in [6, 6.07) is 15.5. The minimum atomic E-state index is -0.139. The molecule has 0 radical (unpaired) electrons. The summed E-state index contributed by atoms with van der Waals surface area (Å²) in [4.78, 5) is 17.2. The van der Waals surface area contributed by atoms with Gasteiger partial charge in [0.1, 0.15) is 11.5 Å². The lowest BCUT2D eigenvalue weighted by Crippen LogP contribution is -2.15. The Kier molecular flexibility index (Phi) is 5.19. The molecule has 0 unspecified atom stereocenters. The number of rotatable bonds is 5. The van der Waals surface area contributed by atoms with Gasteiger partial charge in [-0.1, -0.05) is 39.4 Å². The van der Waals surface area contributed by atoms with Crippen LogP contribution in [0.15, 0.2) is 53.0 Å². The van der Waals surface area contributed by atoms with Gasteiger partial charge in [0.2, 0.25) is 5.91 Å². The van der Waals surface area contributed by atoms with Gasteiger partial charge in [0, 0.05) is 10.0 Å². The van der Waals surface area contributed by atoms with Crippen LogP contribution in [0.3, 0.4) is 0 Å². The lowest BCUT2D eigenvalue weighted by molar-refractivity contribution is -0.115. The molecule has 0 aliphatic carbocycles. The molecule has 3 aromatic carbocycles. The second kappa shape index (κ2) is 7.77. The average molecular weight is 457 g/mol. The number of methoxy groups -OCH3 is 2. The minimum Gasteiger partial charge on any atom is -0.497 e. The zero-order valence-corrected chi connectivity index (χ0v) is 17.7. The molecule has 0 spiro atoms. The van der Waals surface area contributed by atoms with Crippen LogP contribution in [0.2, 0.25) is 0 Å². The summed E-state index contributed by atoms with van der Waals surface area (Å²) in [7, 11) is 3.24. The molecule has 4 rings (SSSR count). The lowest BCUT2D eigenvalue weighted by atomic mass is 10.0. The van der Waals surface area contributed by atoms with E-state index in [1.54, 1.807) is 14.2 Å². The number of aromatic nitrogens is 1. The largest absolute Gasteiger partial charge is 0.497 e. The predicted octanol–water partition coefficient (Wildman–Crippen LogP) is 5.41. The maximum Gasteiger partial charge on any atom is 0.230 e. The fraction of sp³-hybridized carbons (Fsp3) is 0.143. The van der Waals surface area contributed by atoms with E-state index in [9.17, 15) is 4.79 Å². The molecule has 4 aromatic rings. The highest BCUT2D eigenvalue weighted by atomic mass is 79.9. The third-order valence-electron chi connectivity index (χ3n) is 4.45. The van der Waals surface area contributed by atoms with Crippen molar-refractivity contribution in [2.24, 2.45) is 0 Å². The Labute approximate surface area is 174 Å². The normalized spacial score (nSPS) is 11.0. The number of fused-ring (bicyclic) bond motifs is 2. The van der Waals surface area contributed by atoms with E-state index in [0.29, 0.717) is 10.9 Å². The monoisotopic (exact) mass is 456 g/mol. The number of benzene rings is 3. The summed E-state index contributed by atoms with van der Waals surface area (Å²) in [5, 5.41) is 5.51. The second-order valence-electron chi connectivity index (χ2n) is 6.19. The Bertz CT molecular complexity index is 1190. The Morgan fingerprint density at radius 2 is 1.96 bits per heavy atom. The number of ether oxygens (including phenoxy) is 2. The summed E-state index contributed by atoms with van der Waals surface area (Å²) in [6.45, 7) is 0. The number of halogens is 1. The topological polar surface area (TPSA) is 60.5 Å². The van der Waals surface area contributed by atoms with Crippen molar-refractivity contribution in [1.82, 2.24) is 4.98 Å². The van der Waals surface area contributed by atoms with Crippen LogP contribution in [-0.2, 0) is 11.2 Å². The van der Waals surface area contributed by atoms with Gasteiger partial charge in [0.15, 0.2) is 5.13 Å². The van der Waals surface area contributed by atoms with Crippen LogP contribution >= 0.6 is 27.3 Å². The molecule has 0 saturated heterocycles. The van der Waals surface area contributed by atoms with E-state index in [0.717, 1.165) is 36.8 Å². The van der Waals surface area contributed by atoms with Crippen molar-refractivity contribution in [3.8, 4) is 11.5 Å². The number of nitrogens with zero attached hydrogens (tertiary/aromatic N) is 1. The zero-order valence-electron chi connectivity index (χ0n) is 15.3. The maximum atomic E-state index is 12.7. The third kappa shape index (κ3) is 3.68. The molecule has 1 heterocycles. The molecule has 1 amide bonds. The first-order chi connectivity index (χ1) is 13.6. The fourth-order valence-corrected chi connectivity index (χ4v) is 4.42. The maximum absolute atomic E-state index is 12.7. The van der Waals surface area contributed by atoms with Crippen molar-refractivity contribution in [2.75, 3.05) is 19.5 Å². The molecule has 0 aliphatic rings. The fourth-order valence-electron chi connectivity index (χ4n) is 3.13. The summed E-state index contributed by atoms with van der Waals surface area (Å²) in [5.74, 6) is 1.32. The highest BCUT2D eigenvalue weighted by Gasteiger charge is 2.15. The number of carbonyl (C=O) groups excluding carboxylic acids is 1. The van der Waals surface area contributed by atoms with E-state index in [1.165, 1.54) is 11.3 Å². The SMILES string of the molecule is COc1ccc2nc(NC(=O)Cc3c(OC)ccc4cc(Br)ccc34)sc2c1. The van der Waals surface area contributed by atoms with Gasteiger partial charge in [-0.3, -0.25) is 4.79 Å².